The molecule has 1 fully saturated rings. The average molecular weight is 264 g/mol. The smallest absolute Gasteiger partial charge is 0.110 e. The van der Waals surface area contributed by atoms with E-state index in [0.29, 0.717) is 6.04 Å². The van der Waals surface area contributed by atoms with Gasteiger partial charge >= 0.3 is 0 Å². The number of fused-ring (bicyclic) bond motifs is 1. The van der Waals surface area contributed by atoms with Crippen LogP contribution in [0, 0.1) is 6.92 Å². The minimum absolute atomic E-state index is 0.351. The number of hydrogen-bond acceptors (Lipinski definition) is 3. The van der Waals surface area contributed by atoms with Crippen LogP contribution in [0.2, 0.25) is 0 Å². The average Bonchev–Trinajstić information content (AvgIpc) is 2.81. The van der Waals surface area contributed by atoms with Gasteiger partial charge in [-0.25, -0.2) is 9.97 Å². The topological polar surface area (TPSA) is 53.6 Å². The Hall–Kier alpha value is -2.20. The van der Waals surface area contributed by atoms with Gasteiger partial charge in [-0.3, -0.25) is 0 Å². The molecule has 1 aromatic carbocycles. The Morgan fingerprint density at radius 3 is 2.65 bits per heavy atom. The Kier molecular flexibility index (Phi) is 2.57. The standard InChI is InChI=1S/C16H16N4/c1-10-18-14-9-13(11-5-3-2-4-6-11)20-16(14)15(19-10)12-7-8-17-12/h2-6,9,12,17H,7-8H2,1H3,(H,18,19). The minimum Gasteiger partial charge on any atom is -0.342 e. The second-order valence-electron chi connectivity index (χ2n) is 5.27. The first-order valence-electron chi connectivity index (χ1n) is 6.97. The van der Waals surface area contributed by atoms with E-state index in [2.05, 4.69) is 33.5 Å². The van der Waals surface area contributed by atoms with Crippen molar-refractivity contribution in [3.05, 3.63) is 47.9 Å². The predicted octanol–water partition coefficient (Wildman–Crippen LogP) is 2.92. The molecule has 0 aliphatic carbocycles. The number of aromatic nitrogens is 3. The second-order valence-corrected chi connectivity index (χ2v) is 5.27. The largest absolute Gasteiger partial charge is 0.342 e. The molecule has 1 saturated heterocycles. The number of nitrogens with one attached hydrogen (secondary N) is 2. The zero-order chi connectivity index (χ0) is 13.5. The molecule has 0 aromatic heterocycles. The lowest BCUT2D eigenvalue weighted by Crippen LogP contribution is -2.36. The maximum absolute atomic E-state index is 4.79. The fourth-order valence-electron chi connectivity index (χ4n) is 2.69. The lowest BCUT2D eigenvalue weighted by atomic mass is 10.0. The first-order valence-corrected chi connectivity index (χ1v) is 6.97. The Morgan fingerprint density at radius 2 is 1.95 bits per heavy atom. The number of hydrogen-bond donors (Lipinski definition) is 2. The summed E-state index contributed by atoms with van der Waals surface area (Å²) in [6.45, 7) is 3.06. The predicted molar refractivity (Wildman–Crippen MR) is 78.5 cm³/mol. The SMILES string of the molecule is Cc1nc(C2CCN2)c2nc(-c3ccccc3)cc-2[nH]1. The van der Waals surface area contributed by atoms with Crippen LogP contribution in [-0.2, 0) is 0 Å². The van der Waals surface area contributed by atoms with Gasteiger partial charge in [0, 0.05) is 5.56 Å². The Labute approximate surface area is 117 Å². The van der Waals surface area contributed by atoms with E-state index in [-0.39, 0.29) is 0 Å². The molecule has 3 aliphatic rings. The van der Waals surface area contributed by atoms with Gasteiger partial charge in [0.25, 0.3) is 0 Å². The van der Waals surface area contributed by atoms with Crippen LogP contribution in [0.25, 0.3) is 22.6 Å². The molecule has 2 N–H and O–H groups in total. The van der Waals surface area contributed by atoms with Crippen LogP contribution in [0.15, 0.2) is 36.4 Å². The van der Waals surface area contributed by atoms with E-state index in [1.807, 2.05) is 25.1 Å². The van der Waals surface area contributed by atoms with Crippen LogP contribution in [0.1, 0.15) is 24.0 Å². The third-order valence-electron chi connectivity index (χ3n) is 3.84. The van der Waals surface area contributed by atoms with Crippen molar-refractivity contribution in [3.8, 4) is 22.6 Å². The fourth-order valence-corrected chi connectivity index (χ4v) is 2.69. The van der Waals surface area contributed by atoms with Crippen molar-refractivity contribution in [3.63, 3.8) is 0 Å². The van der Waals surface area contributed by atoms with E-state index in [0.717, 1.165) is 47.1 Å². The quantitative estimate of drug-likeness (QED) is 0.748. The zero-order valence-corrected chi connectivity index (χ0v) is 11.4. The molecule has 3 heterocycles. The lowest BCUT2D eigenvalue weighted by molar-refractivity contribution is 0.374. The number of benzene rings is 1. The van der Waals surface area contributed by atoms with E-state index in [9.17, 15) is 0 Å². The van der Waals surface area contributed by atoms with Crippen molar-refractivity contribution in [2.45, 2.75) is 19.4 Å². The van der Waals surface area contributed by atoms with Gasteiger partial charge in [-0.2, -0.15) is 0 Å². The second kappa shape index (κ2) is 4.42. The van der Waals surface area contributed by atoms with Crippen molar-refractivity contribution >= 4 is 0 Å². The van der Waals surface area contributed by atoms with Crippen LogP contribution in [0.3, 0.4) is 0 Å². The van der Waals surface area contributed by atoms with Crippen molar-refractivity contribution in [1.29, 1.82) is 0 Å². The van der Waals surface area contributed by atoms with Crippen molar-refractivity contribution in [1.82, 2.24) is 20.3 Å². The summed E-state index contributed by atoms with van der Waals surface area (Å²) in [5.41, 5.74) is 5.28. The molecule has 20 heavy (non-hydrogen) atoms. The molecule has 1 unspecified atom stereocenters. The van der Waals surface area contributed by atoms with Gasteiger partial charge in [0.15, 0.2) is 0 Å². The van der Waals surface area contributed by atoms with Gasteiger partial charge < -0.3 is 10.3 Å². The summed E-state index contributed by atoms with van der Waals surface area (Å²) in [6.07, 6.45) is 1.14. The summed E-state index contributed by atoms with van der Waals surface area (Å²) in [6, 6.07) is 12.7. The monoisotopic (exact) mass is 264 g/mol. The van der Waals surface area contributed by atoms with Crippen molar-refractivity contribution < 1.29 is 0 Å². The molecule has 1 atom stereocenters. The van der Waals surface area contributed by atoms with Crippen LogP contribution in [0.5, 0.6) is 0 Å². The number of aryl methyl sites for hydroxylation is 1. The highest BCUT2D eigenvalue weighted by atomic mass is 15.0. The van der Waals surface area contributed by atoms with Crippen LogP contribution in [0.4, 0.5) is 0 Å². The first-order chi connectivity index (χ1) is 9.81. The molecule has 0 bridgehead atoms. The van der Waals surface area contributed by atoms with E-state index >= 15 is 0 Å². The molecular formula is C16H16N4. The molecule has 4 heteroatoms. The van der Waals surface area contributed by atoms with E-state index in [1.165, 1.54) is 0 Å². The normalized spacial score (nSPS) is 18.1. The molecule has 1 aromatic rings. The summed E-state index contributed by atoms with van der Waals surface area (Å²) >= 11 is 0. The summed E-state index contributed by atoms with van der Waals surface area (Å²) in [7, 11) is 0. The maximum Gasteiger partial charge on any atom is 0.110 e. The van der Waals surface area contributed by atoms with Gasteiger partial charge in [0.1, 0.15) is 11.5 Å². The maximum atomic E-state index is 4.79. The molecule has 0 amide bonds. The van der Waals surface area contributed by atoms with E-state index in [4.69, 9.17) is 4.98 Å². The number of aromatic amines is 1. The molecule has 4 rings (SSSR count). The Morgan fingerprint density at radius 1 is 1.15 bits per heavy atom. The highest BCUT2D eigenvalue weighted by Crippen LogP contribution is 2.34. The fraction of sp³-hybridized carbons (Fsp3) is 0.250. The highest BCUT2D eigenvalue weighted by molar-refractivity contribution is 5.72. The van der Waals surface area contributed by atoms with Crippen LogP contribution >= 0.6 is 0 Å². The third kappa shape index (κ3) is 1.80. The summed E-state index contributed by atoms with van der Waals surface area (Å²) in [5.74, 6) is 0.938. The van der Waals surface area contributed by atoms with Crippen LogP contribution < -0.4 is 5.32 Å². The van der Waals surface area contributed by atoms with Gasteiger partial charge in [-0.1, -0.05) is 30.3 Å². The molecule has 100 valence electrons. The van der Waals surface area contributed by atoms with Gasteiger partial charge in [-0.15, -0.1) is 0 Å². The summed E-state index contributed by atoms with van der Waals surface area (Å²) in [5, 5.41) is 3.41. The van der Waals surface area contributed by atoms with Crippen molar-refractivity contribution in [2.75, 3.05) is 6.54 Å². The van der Waals surface area contributed by atoms with E-state index < -0.39 is 0 Å². The molecular weight excluding hydrogens is 248 g/mol. The van der Waals surface area contributed by atoms with Crippen molar-refractivity contribution in [2.24, 2.45) is 0 Å². The molecule has 4 nitrogen and oxygen atoms in total. The molecule has 0 radical (unpaired) electrons. The van der Waals surface area contributed by atoms with Gasteiger partial charge in [0.2, 0.25) is 0 Å². The molecule has 0 spiro atoms. The summed E-state index contributed by atoms with van der Waals surface area (Å²) in [4.78, 5) is 12.8. The Balaban J connectivity index is 1.88. The first kappa shape index (κ1) is 11.6. The Bertz CT molecular complexity index is 713. The molecule has 3 aliphatic heterocycles. The zero-order valence-electron chi connectivity index (χ0n) is 11.4. The number of nitrogens with zero attached hydrogens (tertiary/aromatic N) is 2. The van der Waals surface area contributed by atoms with Gasteiger partial charge in [-0.05, 0) is 26.0 Å². The molecule has 0 saturated carbocycles. The van der Waals surface area contributed by atoms with Crippen LogP contribution in [-0.4, -0.2) is 21.5 Å². The third-order valence-corrected chi connectivity index (χ3v) is 3.84. The van der Waals surface area contributed by atoms with Gasteiger partial charge in [0.05, 0.1) is 23.1 Å². The number of rotatable bonds is 2. The minimum atomic E-state index is 0.351. The number of H-pyrrole nitrogens is 1. The van der Waals surface area contributed by atoms with E-state index in [1.54, 1.807) is 0 Å². The highest BCUT2D eigenvalue weighted by Gasteiger charge is 2.27. The summed E-state index contributed by atoms with van der Waals surface area (Å²) < 4.78 is 0. The lowest BCUT2D eigenvalue weighted by Gasteiger charge is -2.28.